The maximum atomic E-state index is 13.1. The highest BCUT2D eigenvalue weighted by atomic mass is 16.7. The summed E-state index contributed by atoms with van der Waals surface area (Å²) in [5.41, 5.74) is 8.28. The number of nitrogens with two attached hydrogens (primary N) is 1. The Kier molecular flexibility index (Phi) is 11.2. The van der Waals surface area contributed by atoms with Gasteiger partial charge in [-0.05, 0) is 50.5 Å². The van der Waals surface area contributed by atoms with Crippen molar-refractivity contribution in [1.82, 2.24) is 20.3 Å². The molecule has 0 radical (unpaired) electrons. The van der Waals surface area contributed by atoms with Gasteiger partial charge < -0.3 is 26.0 Å². The van der Waals surface area contributed by atoms with Gasteiger partial charge in [0.15, 0.2) is 0 Å². The fourth-order valence-electron chi connectivity index (χ4n) is 4.89. The Morgan fingerprint density at radius 3 is 2.60 bits per heavy atom. The lowest BCUT2D eigenvalue weighted by Crippen LogP contribution is -2.45. The summed E-state index contributed by atoms with van der Waals surface area (Å²) in [4.78, 5) is 59.0. The number of nitrogens with zero attached hydrogens (tertiary/aromatic N) is 5. The van der Waals surface area contributed by atoms with Crippen LogP contribution in [-0.2, 0) is 19.2 Å². The minimum absolute atomic E-state index is 0.00494. The van der Waals surface area contributed by atoms with Gasteiger partial charge in [-0.15, -0.1) is 0 Å². The summed E-state index contributed by atoms with van der Waals surface area (Å²) >= 11 is 0. The number of pyridine rings is 2. The summed E-state index contributed by atoms with van der Waals surface area (Å²) in [7, 11) is 1.58. The number of nitrogens with one attached hydrogen (secondary N) is 2. The first kappa shape index (κ1) is 31.6. The Hall–Kier alpha value is -4.36. The second-order valence-corrected chi connectivity index (χ2v) is 10.3. The average Bonchev–Trinajstić information content (AvgIpc) is 3.17. The number of hydrogen-bond donors (Lipinski definition) is 3. The number of aliphatic imine (C=N–C) groups is 1. The van der Waals surface area contributed by atoms with E-state index < -0.39 is 5.91 Å². The summed E-state index contributed by atoms with van der Waals surface area (Å²) in [5, 5.41) is 7.22. The fraction of sp³-hybridized carbons (Fsp3) is 0.467. The first-order valence-corrected chi connectivity index (χ1v) is 14.6. The first-order chi connectivity index (χ1) is 20.8. The molecule has 1 fully saturated rings. The normalized spacial score (nSPS) is 15.1. The lowest BCUT2D eigenvalue weighted by atomic mass is 10.0. The Morgan fingerprint density at radius 2 is 1.93 bits per heavy atom. The predicted molar refractivity (Wildman–Crippen MR) is 164 cm³/mol. The average molecular weight is 593 g/mol. The highest BCUT2D eigenvalue weighted by Gasteiger charge is 2.24. The zero-order valence-electron chi connectivity index (χ0n) is 25.0. The smallest absolute Gasteiger partial charge is 0.274 e. The Balaban J connectivity index is 1.37. The third-order valence-electron chi connectivity index (χ3n) is 7.05. The van der Waals surface area contributed by atoms with E-state index in [9.17, 15) is 14.4 Å². The third-order valence-corrected chi connectivity index (χ3v) is 7.05. The molecule has 13 heteroatoms. The van der Waals surface area contributed by atoms with E-state index in [0.717, 1.165) is 38.2 Å². The SMILES string of the molecule is CCCN(OCC)C(=O)C1=Cc2cnc(C(=O)Nc3ccc(N4CCC(NC(=O)CCOC)CC4)nc3)cc2N=C(N)C1. The number of ether oxygens (including phenoxy) is 1. The lowest BCUT2D eigenvalue weighted by molar-refractivity contribution is -0.180. The van der Waals surface area contributed by atoms with Crippen LogP contribution in [0.25, 0.3) is 6.08 Å². The van der Waals surface area contributed by atoms with Gasteiger partial charge in [-0.1, -0.05) is 6.92 Å². The van der Waals surface area contributed by atoms with Crippen molar-refractivity contribution < 1.29 is 24.0 Å². The number of rotatable bonds is 12. The number of fused-ring (bicyclic) bond motifs is 1. The number of amides is 3. The van der Waals surface area contributed by atoms with Crippen LogP contribution in [0.5, 0.6) is 0 Å². The molecule has 2 aromatic rings. The molecule has 0 atom stereocenters. The van der Waals surface area contributed by atoms with Gasteiger partial charge in [-0.3, -0.25) is 24.2 Å². The minimum Gasteiger partial charge on any atom is -0.387 e. The van der Waals surface area contributed by atoms with Crippen LogP contribution >= 0.6 is 0 Å². The highest BCUT2D eigenvalue weighted by Crippen LogP contribution is 2.28. The predicted octanol–water partition coefficient (Wildman–Crippen LogP) is 2.82. The number of carbonyl (C=O) groups excluding carboxylic acids is 3. The summed E-state index contributed by atoms with van der Waals surface area (Å²) in [6.07, 6.45) is 7.71. The van der Waals surface area contributed by atoms with Crippen molar-refractivity contribution in [3.8, 4) is 0 Å². The molecule has 0 aromatic carbocycles. The van der Waals surface area contributed by atoms with E-state index in [1.54, 1.807) is 31.5 Å². The Labute approximate surface area is 251 Å². The monoisotopic (exact) mass is 592 g/mol. The number of methoxy groups -OCH3 is 1. The maximum Gasteiger partial charge on any atom is 0.274 e. The Morgan fingerprint density at radius 1 is 1.14 bits per heavy atom. The molecule has 4 N–H and O–H groups in total. The van der Waals surface area contributed by atoms with E-state index >= 15 is 0 Å². The highest BCUT2D eigenvalue weighted by molar-refractivity contribution is 6.06. The number of hydroxylamine groups is 2. The van der Waals surface area contributed by atoms with Gasteiger partial charge in [-0.25, -0.2) is 15.0 Å². The molecule has 0 bridgehead atoms. The van der Waals surface area contributed by atoms with Gasteiger partial charge >= 0.3 is 0 Å². The van der Waals surface area contributed by atoms with Crippen molar-refractivity contribution in [3.63, 3.8) is 0 Å². The van der Waals surface area contributed by atoms with Crippen molar-refractivity contribution >= 4 is 46.8 Å². The molecule has 1 saturated heterocycles. The molecule has 2 aliphatic heterocycles. The van der Waals surface area contributed by atoms with Crippen LogP contribution in [-0.4, -0.2) is 84.6 Å². The number of piperidine rings is 1. The molecule has 0 unspecified atom stereocenters. The minimum atomic E-state index is -0.425. The molecular weight excluding hydrogens is 552 g/mol. The van der Waals surface area contributed by atoms with Crippen molar-refractivity contribution in [3.05, 3.63) is 47.4 Å². The van der Waals surface area contributed by atoms with E-state index in [1.807, 2.05) is 19.9 Å². The quantitative estimate of drug-likeness (QED) is 0.314. The molecule has 3 amide bonds. The van der Waals surface area contributed by atoms with E-state index in [1.165, 1.54) is 11.3 Å². The van der Waals surface area contributed by atoms with Crippen LogP contribution < -0.4 is 21.3 Å². The molecule has 43 heavy (non-hydrogen) atoms. The summed E-state index contributed by atoms with van der Waals surface area (Å²) < 4.78 is 4.96. The van der Waals surface area contributed by atoms with E-state index in [2.05, 4.69) is 30.5 Å². The summed E-state index contributed by atoms with van der Waals surface area (Å²) in [6, 6.07) is 5.34. The summed E-state index contributed by atoms with van der Waals surface area (Å²) in [5.74, 6) is 0.355. The van der Waals surface area contributed by atoms with Gasteiger partial charge in [0.05, 0.1) is 30.8 Å². The zero-order valence-corrected chi connectivity index (χ0v) is 25.0. The molecule has 13 nitrogen and oxygen atoms in total. The van der Waals surface area contributed by atoms with Crippen molar-refractivity contribution in [2.24, 2.45) is 10.7 Å². The first-order valence-electron chi connectivity index (χ1n) is 14.6. The second kappa shape index (κ2) is 15.2. The largest absolute Gasteiger partial charge is 0.387 e. The molecule has 2 aromatic heterocycles. The van der Waals surface area contributed by atoms with Crippen LogP contribution in [0.2, 0.25) is 0 Å². The van der Waals surface area contributed by atoms with Gasteiger partial charge in [-0.2, -0.15) is 0 Å². The number of aromatic nitrogens is 2. The van der Waals surface area contributed by atoms with Crippen LogP contribution in [0, 0.1) is 0 Å². The van der Waals surface area contributed by atoms with Gasteiger partial charge in [0, 0.05) is 63.0 Å². The number of carbonyl (C=O) groups is 3. The topological polar surface area (TPSA) is 164 Å². The van der Waals surface area contributed by atoms with Gasteiger partial charge in [0.1, 0.15) is 17.3 Å². The van der Waals surface area contributed by atoms with Crippen LogP contribution in [0.3, 0.4) is 0 Å². The van der Waals surface area contributed by atoms with Crippen LogP contribution in [0.4, 0.5) is 17.2 Å². The molecule has 0 aliphatic carbocycles. The lowest BCUT2D eigenvalue weighted by Gasteiger charge is -2.33. The maximum absolute atomic E-state index is 13.1. The zero-order chi connectivity index (χ0) is 30.8. The second-order valence-electron chi connectivity index (χ2n) is 10.3. The molecule has 0 spiro atoms. The number of amidine groups is 1. The molecule has 2 aliphatic rings. The molecule has 230 valence electrons. The van der Waals surface area contributed by atoms with E-state index in [0.29, 0.717) is 48.7 Å². The van der Waals surface area contributed by atoms with Crippen LogP contribution in [0.15, 0.2) is 41.2 Å². The number of anilines is 2. The molecule has 4 rings (SSSR count). The Bertz CT molecular complexity index is 1350. The van der Waals surface area contributed by atoms with E-state index in [-0.39, 0.29) is 35.8 Å². The van der Waals surface area contributed by atoms with Crippen molar-refractivity contribution in [1.29, 1.82) is 0 Å². The van der Waals surface area contributed by atoms with Crippen molar-refractivity contribution in [2.45, 2.75) is 52.0 Å². The molecular formula is C30H40N8O5. The molecule has 4 heterocycles. The standard InChI is InChI=1S/C30H40N8O5/c1-4-11-38(43-5-2)30(41)20-15-21-18-32-25(17-24(21)36-26(31)16-20)29(40)35-23-6-7-27(33-19-23)37-12-8-22(9-13-37)34-28(39)10-14-42-3/h6-7,15,17-19,22H,4-5,8-14,16H2,1-3H3,(H2,31,36)(H,34,39)(H,35,40). The fourth-order valence-corrected chi connectivity index (χ4v) is 4.89. The van der Waals surface area contributed by atoms with Gasteiger partial charge in [0.25, 0.3) is 11.8 Å². The van der Waals surface area contributed by atoms with Gasteiger partial charge in [0.2, 0.25) is 5.91 Å². The van der Waals surface area contributed by atoms with E-state index in [4.69, 9.17) is 15.3 Å². The van der Waals surface area contributed by atoms with Crippen molar-refractivity contribution in [2.75, 3.05) is 50.2 Å². The van der Waals surface area contributed by atoms with Crippen LogP contribution in [0.1, 0.15) is 62.0 Å². The molecule has 0 saturated carbocycles. The number of hydrogen-bond acceptors (Lipinski definition) is 10. The summed E-state index contributed by atoms with van der Waals surface area (Å²) in [6.45, 7) is 6.55. The third kappa shape index (κ3) is 8.58.